The van der Waals surface area contributed by atoms with Crippen molar-refractivity contribution in [3.8, 4) is 0 Å². The quantitative estimate of drug-likeness (QED) is 0.545. The fraction of sp³-hybridized carbons (Fsp3) is 0.125. The summed E-state index contributed by atoms with van der Waals surface area (Å²) in [6, 6.07) is 0. The summed E-state index contributed by atoms with van der Waals surface area (Å²) in [5, 5.41) is 13.7. The molecule has 72 valence electrons. The van der Waals surface area contributed by atoms with Crippen LogP contribution in [-0.4, -0.2) is 14.5 Å². The van der Waals surface area contributed by atoms with Crippen LogP contribution in [-0.2, 0) is 5.79 Å². The first-order valence-corrected chi connectivity index (χ1v) is 4.01. The molecule has 1 N–H and O–H groups in total. The molecule has 2 rings (SSSR count). The van der Waals surface area contributed by atoms with Crippen LogP contribution in [0.2, 0.25) is 0 Å². The Balaban J connectivity index is 2.47. The number of nitrogens with one attached hydrogen (secondary N) is 1. The highest BCUT2D eigenvalue weighted by Crippen LogP contribution is 2.17. The van der Waals surface area contributed by atoms with E-state index in [1.165, 1.54) is 29.4 Å². The average Bonchev–Trinajstić information content (AvgIpc) is 2.72. The van der Waals surface area contributed by atoms with Crippen molar-refractivity contribution in [2.75, 3.05) is 0 Å². The van der Waals surface area contributed by atoms with Crippen molar-refractivity contribution in [3.05, 3.63) is 53.3 Å². The van der Waals surface area contributed by atoms with E-state index in [9.17, 15) is 10.1 Å². The van der Waals surface area contributed by atoms with Gasteiger partial charge in [-0.3, -0.25) is 10.1 Å². The molecule has 0 spiro atoms. The highest BCUT2D eigenvalue weighted by Gasteiger charge is 2.41. The molecule has 1 aliphatic rings. The van der Waals surface area contributed by atoms with Gasteiger partial charge < -0.3 is 5.32 Å². The second kappa shape index (κ2) is 2.99. The van der Waals surface area contributed by atoms with Crippen LogP contribution in [0.3, 0.4) is 0 Å². The summed E-state index contributed by atoms with van der Waals surface area (Å²) in [6.07, 6.45) is 10.8. The lowest BCUT2D eigenvalue weighted by molar-refractivity contribution is -0.592. The van der Waals surface area contributed by atoms with E-state index in [0.717, 1.165) is 0 Å². The first kappa shape index (κ1) is 8.49. The Morgan fingerprint density at radius 2 is 2.36 bits per heavy atom. The molecule has 14 heavy (non-hydrogen) atoms. The van der Waals surface area contributed by atoms with Gasteiger partial charge in [0.05, 0.1) is 4.92 Å². The molecule has 1 aliphatic heterocycles. The second-order valence-corrected chi connectivity index (χ2v) is 2.82. The summed E-state index contributed by atoms with van der Waals surface area (Å²) in [5.41, 5.74) is 0. The minimum Gasteiger partial charge on any atom is -0.305 e. The van der Waals surface area contributed by atoms with Gasteiger partial charge in [-0.15, -0.1) is 0 Å². The molecule has 0 radical (unpaired) electrons. The summed E-state index contributed by atoms with van der Waals surface area (Å²) in [5.74, 6) is -1.44. The first-order chi connectivity index (χ1) is 6.76. The minimum absolute atomic E-state index is 0.408. The third kappa shape index (κ3) is 1.08. The van der Waals surface area contributed by atoms with E-state index in [-0.39, 0.29) is 0 Å². The molecule has 0 amide bonds. The number of dihydropyridines is 1. The van der Waals surface area contributed by atoms with E-state index < -0.39 is 10.7 Å². The van der Waals surface area contributed by atoms with Gasteiger partial charge in [-0.05, 0) is 6.08 Å². The number of hydrogen-bond acceptors (Lipinski definition) is 4. The minimum atomic E-state index is -1.44. The Morgan fingerprint density at radius 1 is 1.50 bits per heavy atom. The van der Waals surface area contributed by atoms with Crippen molar-refractivity contribution in [1.82, 2.24) is 14.9 Å². The highest BCUT2D eigenvalue weighted by molar-refractivity contribution is 5.14. The molecule has 0 saturated carbocycles. The van der Waals surface area contributed by atoms with Gasteiger partial charge in [0, 0.05) is 24.7 Å². The van der Waals surface area contributed by atoms with E-state index in [1.807, 2.05) is 0 Å². The number of hydrogen-bond donors (Lipinski definition) is 1. The van der Waals surface area contributed by atoms with Crippen LogP contribution in [0.4, 0.5) is 0 Å². The summed E-state index contributed by atoms with van der Waals surface area (Å²) in [7, 11) is 0. The van der Waals surface area contributed by atoms with E-state index in [0.29, 0.717) is 0 Å². The Kier molecular flexibility index (Phi) is 1.81. The van der Waals surface area contributed by atoms with Crippen molar-refractivity contribution in [2.45, 2.75) is 5.79 Å². The Hall–Kier alpha value is -2.11. The molecular formula is C8H8N4O2. The first-order valence-electron chi connectivity index (χ1n) is 4.01. The van der Waals surface area contributed by atoms with Crippen LogP contribution >= 0.6 is 0 Å². The third-order valence-electron chi connectivity index (χ3n) is 2.01. The highest BCUT2D eigenvalue weighted by atomic mass is 16.6. The van der Waals surface area contributed by atoms with E-state index in [4.69, 9.17) is 0 Å². The van der Waals surface area contributed by atoms with Crippen LogP contribution in [0.25, 0.3) is 0 Å². The van der Waals surface area contributed by atoms with Crippen molar-refractivity contribution in [1.29, 1.82) is 0 Å². The van der Waals surface area contributed by atoms with E-state index in [1.54, 1.807) is 18.3 Å². The number of imidazole rings is 1. The molecule has 1 aromatic rings. The van der Waals surface area contributed by atoms with Gasteiger partial charge in [-0.1, -0.05) is 6.08 Å². The standard InChI is InChI=1S/C8H8N4O2/c13-12(14)8(3-1-2-4-10-8)11-6-5-9-7-11/h1-7,10H. The smallest absolute Gasteiger partial charge is 0.305 e. The number of rotatable bonds is 2. The molecule has 1 unspecified atom stereocenters. The maximum atomic E-state index is 11.0. The largest absolute Gasteiger partial charge is 0.400 e. The van der Waals surface area contributed by atoms with Crippen molar-refractivity contribution in [2.24, 2.45) is 0 Å². The topological polar surface area (TPSA) is 73.0 Å². The average molecular weight is 192 g/mol. The fourth-order valence-electron chi connectivity index (χ4n) is 1.29. The zero-order valence-electron chi connectivity index (χ0n) is 7.20. The SMILES string of the molecule is O=[N+]([O-])C1(n2ccnc2)C=CC=CN1. The normalized spacial score (nSPS) is 24.6. The molecule has 2 heterocycles. The van der Waals surface area contributed by atoms with Crippen molar-refractivity contribution >= 4 is 0 Å². The summed E-state index contributed by atoms with van der Waals surface area (Å²) in [4.78, 5) is 14.4. The zero-order chi connectivity index (χ0) is 10.0. The second-order valence-electron chi connectivity index (χ2n) is 2.82. The van der Waals surface area contributed by atoms with Gasteiger partial charge in [-0.2, -0.15) is 0 Å². The molecule has 0 fully saturated rings. The lowest BCUT2D eigenvalue weighted by Gasteiger charge is -2.24. The van der Waals surface area contributed by atoms with Gasteiger partial charge in [0.1, 0.15) is 6.33 Å². The lowest BCUT2D eigenvalue weighted by atomic mass is 10.2. The number of allylic oxidation sites excluding steroid dienone is 2. The molecule has 0 bridgehead atoms. The summed E-state index contributed by atoms with van der Waals surface area (Å²) in [6.45, 7) is 0. The van der Waals surface area contributed by atoms with Crippen LogP contribution in [0.1, 0.15) is 0 Å². The van der Waals surface area contributed by atoms with E-state index >= 15 is 0 Å². The van der Waals surface area contributed by atoms with Crippen molar-refractivity contribution in [3.63, 3.8) is 0 Å². The van der Waals surface area contributed by atoms with Gasteiger partial charge in [-0.25, -0.2) is 9.55 Å². The van der Waals surface area contributed by atoms with Crippen LogP contribution in [0.5, 0.6) is 0 Å². The Labute approximate surface area is 79.7 Å². The molecule has 1 atom stereocenters. The zero-order valence-corrected chi connectivity index (χ0v) is 7.20. The summed E-state index contributed by atoms with van der Waals surface area (Å²) < 4.78 is 1.40. The lowest BCUT2D eigenvalue weighted by Crippen LogP contribution is -2.50. The van der Waals surface area contributed by atoms with Crippen LogP contribution in [0, 0.1) is 10.1 Å². The molecular weight excluding hydrogens is 184 g/mol. The predicted molar refractivity (Wildman–Crippen MR) is 48.6 cm³/mol. The maximum Gasteiger partial charge on any atom is 0.400 e. The molecule has 1 aromatic heterocycles. The third-order valence-corrected chi connectivity index (χ3v) is 2.01. The molecule has 0 aliphatic carbocycles. The monoisotopic (exact) mass is 192 g/mol. The predicted octanol–water partition coefficient (Wildman–Crippen LogP) is 0.443. The van der Waals surface area contributed by atoms with Gasteiger partial charge in [0.15, 0.2) is 0 Å². The van der Waals surface area contributed by atoms with E-state index in [2.05, 4.69) is 10.3 Å². The number of nitrogens with zero attached hydrogens (tertiary/aromatic N) is 3. The van der Waals surface area contributed by atoms with Gasteiger partial charge >= 0.3 is 5.79 Å². The molecule has 6 heteroatoms. The Bertz CT molecular complexity index is 395. The van der Waals surface area contributed by atoms with Crippen molar-refractivity contribution < 1.29 is 4.92 Å². The molecule has 0 saturated heterocycles. The molecule has 0 aromatic carbocycles. The fourth-order valence-corrected chi connectivity index (χ4v) is 1.29. The Morgan fingerprint density at radius 3 is 2.86 bits per heavy atom. The number of nitro groups is 1. The van der Waals surface area contributed by atoms with Crippen LogP contribution in [0.15, 0.2) is 43.1 Å². The van der Waals surface area contributed by atoms with Crippen LogP contribution < -0.4 is 5.32 Å². The summed E-state index contributed by atoms with van der Waals surface area (Å²) >= 11 is 0. The maximum absolute atomic E-state index is 11.0. The molecule has 6 nitrogen and oxygen atoms in total. The number of aromatic nitrogens is 2. The van der Waals surface area contributed by atoms with Gasteiger partial charge in [0.2, 0.25) is 0 Å². The van der Waals surface area contributed by atoms with Gasteiger partial charge in [0.25, 0.3) is 0 Å².